The fourth-order valence-electron chi connectivity index (χ4n) is 1.73. The van der Waals surface area contributed by atoms with Crippen LogP contribution in [0, 0.1) is 6.07 Å². The Morgan fingerprint density at radius 2 is 1.50 bits per heavy atom. The van der Waals surface area contributed by atoms with Gasteiger partial charge in [-0.15, -0.1) is 5.56 Å². The SMILES string of the molecule is O=C([O-])c1cccc(Br)n1.[Cl-].[Os+2].[c-]1ccc(-c2ccccc2)cc1. The Hall–Kier alpha value is -1.53. The molecule has 0 aliphatic rings. The number of hydrogen-bond acceptors (Lipinski definition) is 3. The van der Waals surface area contributed by atoms with Crippen LogP contribution in [0.2, 0.25) is 0 Å². The van der Waals surface area contributed by atoms with Crippen molar-refractivity contribution in [3.8, 4) is 11.1 Å². The standard InChI is InChI=1S/C12H9.C6H4BrNO2.ClH.Os/c1-3-7-11(8-4-1)12-9-5-2-6-10-12;7-5-3-1-2-4(8-5)6(9)10;;/h1,3-10H;1-3H,(H,9,10);1H;/q-1;;;+2/p-2. The summed E-state index contributed by atoms with van der Waals surface area (Å²) in [5, 5.41) is 10.2. The number of aromatic carboxylic acids is 1. The molecule has 0 unspecified atom stereocenters. The summed E-state index contributed by atoms with van der Waals surface area (Å²) >= 11 is 3.03. The Labute approximate surface area is 168 Å². The number of carbonyl (C=O) groups is 1. The van der Waals surface area contributed by atoms with Gasteiger partial charge in [0, 0.05) is 0 Å². The predicted molar refractivity (Wildman–Crippen MR) is 87.0 cm³/mol. The molecule has 6 heteroatoms. The summed E-state index contributed by atoms with van der Waals surface area (Å²) < 4.78 is 0.495. The van der Waals surface area contributed by atoms with Crippen LogP contribution in [0.4, 0.5) is 0 Å². The van der Waals surface area contributed by atoms with Crippen LogP contribution in [0.3, 0.4) is 0 Å². The van der Waals surface area contributed by atoms with Crippen LogP contribution in [0.15, 0.2) is 77.4 Å². The molecule has 0 amide bonds. The van der Waals surface area contributed by atoms with Gasteiger partial charge in [0.2, 0.25) is 0 Å². The first-order valence-electron chi connectivity index (χ1n) is 6.52. The number of carboxylic acids is 1. The first-order valence-corrected chi connectivity index (χ1v) is 7.31. The van der Waals surface area contributed by atoms with Crippen molar-refractivity contribution in [3.05, 3.63) is 89.2 Å². The molecule has 0 fully saturated rings. The van der Waals surface area contributed by atoms with Gasteiger partial charge >= 0.3 is 19.8 Å². The molecule has 3 aromatic rings. The van der Waals surface area contributed by atoms with Crippen LogP contribution < -0.4 is 17.5 Å². The van der Waals surface area contributed by atoms with Crippen molar-refractivity contribution in [2.45, 2.75) is 0 Å². The number of pyridine rings is 1. The van der Waals surface area contributed by atoms with E-state index in [4.69, 9.17) is 0 Å². The minimum atomic E-state index is -1.26. The predicted octanol–water partition coefficient (Wildman–Crippen LogP) is 0.363. The van der Waals surface area contributed by atoms with E-state index in [1.165, 1.54) is 17.2 Å². The molecular formula is C18H12BrClNO2Os-. The molecule has 24 heavy (non-hydrogen) atoms. The molecule has 2 aromatic carbocycles. The van der Waals surface area contributed by atoms with Crippen molar-refractivity contribution in [2.24, 2.45) is 0 Å². The zero-order valence-corrected chi connectivity index (χ0v) is 17.2. The van der Waals surface area contributed by atoms with Crippen LogP contribution in [0.5, 0.6) is 0 Å². The number of hydrogen-bond donors (Lipinski definition) is 0. The summed E-state index contributed by atoms with van der Waals surface area (Å²) in [7, 11) is 0. The van der Waals surface area contributed by atoms with E-state index < -0.39 is 5.97 Å². The van der Waals surface area contributed by atoms with Gasteiger partial charge in [0.15, 0.2) is 0 Å². The molecule has 0 N–H and O–H groups in total. The zero-order chi connectivity index (χ0) is 15.8. The molecule has 0 aliphatic carbocycles. The van der Waals surface area contributed by atoms with E-state index >= 15 is 0 Å². The van der Waals surface area contributed by atoms with Crippen molar-refractivity contribution in [3.63, 3.8) is 0 Å². The first kappa shape index (κ1) is 22.5. The Morgan fingerprint density at radius 1 is 0.917 bits per heavy atom. The topological polar surface area (TPSA) is 53.0 Å². The van der Waals surface area contributed by atoms with Gasteiger partial charge in [0.25, 0.3) is 0 Å². The van der Waals surface area contributed by atoms with E-state index in [2.05, 4.69) is 51.2 Å². The van der Waals surface area contributed by atoms with Crippen LogP contribution >= 0.6 is 15.9 Å². The van der Waals surface area contributed by atoms with Gasteiger partial charge in [-0.05, 0) is 33.6 Å². The minimum Gasteiger partial charge on any atom is -1.00 e. The van der Waals surface area contributed by atoms with Crippen molar-refractivity contribution in [1.29, 1.82) is 0 Å². The first-order chi connectivity index (χ1) is 10.7. The number of aromatic nitrogens is 1. The Bertz CT molecular complexity index is 705. The molecule has 124 valence electrons. The summed E-state index contributed by atoms with van der Waals surface area (Å²) in [4.78, 5) is 13.8. The largest absolute Gasteiger partial charge is 2.00 e. The molecule has 1 heterocycles. The average molecular weight is 580 g/mol. The van der Waals surface area contributed by atoms with Crippen LogP contribution in [0.1, 0.15) is 10.5 Å². The maximum Gasteiger partial charge on any atom is 2.00 e. The van der Waals surface area contributed by atoms with Crippen LogP contribution in [-0.4, -0.2) is 11.0 Å². The van der Waals surface area contributed by atoms with E-state index in [0.717, 1.165) is 0 Å². The Balaban J connectivity index is 0.000000413. The maximum absolute atomic E-state index is 10.2. The number of halogens is 2. The molecule has 3 nitrogen and oxygen atoms in total. The van der Waals surface area contributed by atoms with Gasteiger partial charge in [0.1, 0.15) is 4.60 Å². The second-order valence-electron chi connectivity index (χ2n) is 4.29. The number of nitrogens with zero attached hydrogens (tertiary/aromatic N) is 1. The molecule has 0 saturated carbocycles. The van der Waals surface area contributed by atoms with E-state index in [9.17, 15) is 9.90 Å². The third-order valence-electron chi connectivity index (χ3n) is 2.75. The molecule has 0 saturated heterocycles. The third-order valence-corrected chi connectivity index (χ3v) is 3.19. The van der Waals surface area contributed by atoms with Gasteiger partial charge in [-0.1, -0.05) is 36.4 Å². The summed E-state index contributed by atoms with van der Waals surface area (Å²) in [5.74, 6) is -1.26. The van der Waals surface area contributed by atoms with Gasteiger partial charge in [0.05, 0.1) is 11.7 Å². The monoisotopic (exact) mass is 580 g/mol. The summed E-state index contributed by atoms with van der Waals surface area (Å²) in [5.41, 5.74) is 2.44. The maximum atomic E-state index is 10.2. The smallest absolute Gasteiger partial charge is 1.00 e. The molecule has 0 radical (unpaired) electrons. The molecular weight excluding hydrogens is 568 g/mol. The fourth-order valence-corrected chi connectivity index (χ4v) is 2.08. The van der Waals surface area contributed by atoms with Gasteiger partial charge in [-0.25, -0.2) is 4.98 Å². The van der Waals surface area contributed by atoms with Crippen molar-refractivity contribution in [1.82, 2.24) is 4.98 Å². The number of carboxylic acid groups (broad SMARTS) is 1. The van der Waals surface area contributed by atoms with Crippen molar-refractivity contribution < 1.29 is 42.1 Å². The van der Waals surface area contributed by atoms with E-state index in [-0.39, 0.29) is 37.9 Å². The van der Waals surface area contributed by atoms with Gasteiger partial charge < -0.3 is 22.3 Å². The molecule has 1 aromatic heterocycles. The fraction of sp³-hybridized carbons (Fsp3) is 0. The molecule has 0 atom stereocenters. The molecule has 0 bridgehead atoms. The van der Waals surface area contributed by atoms with Crippen LogP contribution in [-0.2, 0) is 19.8 Å². The molecule has 3 rings (SSSR count). The van der Waals surface area contributed by atoms with Gasteiger partial charge in [-0.2, -0.15) is 30.3 Å². The molecule has 0 aliphatic heterocycles. The number of benzene rings is 2. The quantitative estimate of drug-likeness (QED) is 0.326. The summed E-state index contributed by atoms with van der Waals surface area (Å²) in [6, 6.07) is 25.9. The third kappa shape index (κ3) is 7.36. The average Bonchev–Trinajstić information content (AvgIpc) is 2.57. The van der Waals surface area contributed by atoms with Crippen molar-refractivity contribution >= 4 is 21.9 Å². The Kier molecular flexibility index (Phi) is 11.2. The zero-order valence-electron chi connectivity index (χ0n) is 12.3. The normalized spacial score (nSPS) is 8.71. The summed E-state index contributed by atoms with van der Waals surface area (Å²) in [6.07, 6.45) is 0. The van der Waals surface area contributed by atoms with E-state index in [1.54, 1.807) is 12.1 Å². The van der Waals surface area contributed by atoms with Gasteiger partial charge in [-0.3, -0.25) is 0 Å². The molecule has 0 spiro atoms. The number of rotatable bonds is 2. The Morgan fingerprint density at radius 3 is 2.00 bits per heavy atom. The van der Waals surface area contributed by atoms with Crippen molar-refractivity contribution in [2.75, 3.05) is 0 Å². The summed E-state index contributed by atoms with van der Waals surface area (Å²) in [6.45, 7) is 0. The minimum absolute atomic E-state index is 0. The van der Waals surface area contributed by atoms with E-state index in [1.807, 2.05) is 30.3 Å². The van der Waals surface area contributed by atoms with E-state index in [0.29, 0.717) is 4.60 Å². The number of carbonyl (C=O) groups excluding carboxylic acids is 1. The van der Waals surface area contributed by atoms with Crippen LogP contribution in [0.25, 0.3) is 11.1 Å². The second kappa shape index (κ2) is 11.9. The second-order valence-corrected chi connectivity index (χ2v) is 5.10.